The van der Waals surface area contributed by atoms with Gasteiger partial charge in [0.1, 0.15) is 0 Å². The first kappa shape index (κ1) is 11.3. The van der Waals surface area contributed by atoms with Crippen molar-refractivity contribution in [3.05, 3.63) is 34.3 Å². The predicted octanol–water partition coefficient (Wildman–Crippen LogP) is 3.22. The van der Waals surface area contributed by atoms with Gasteiger partial charge in [-0.05, 0) is 30.5 Å². The summed E-state index contributed by atoms with van der Waals surface area (Å²) < 4.78 is 1.10. The molecular formula is C14H16BrNO. The maximum Gasteiger partial charge on any atom is 0.226 e. The minimum atomic E-state index is -0.110. The fourth-order valence-electron chi connectivity index (χ4n) is 3.47. The summed E-state index contributed by atoms with van der Waals surface area (Å²) in [7, 11) is 0. The number of halogens is 1. The van der Waals surface area contributed by atoms with Crippen LogP contribution in [0.5, 0.6) is 0 Å². The van der Waals surface area contributed by atoms with Crippen molar-refractivity contribution >= 4 is 21.8 Å². The van der Waals surface area contributed by atoms with Crippen molar-refractivity contribution in [1.82, 2.24) is 5.32 Å². The van der Waals surface area contributed by atoms with Gasteiger partial charge in [0, 0.05) is 16.9 Å². The molecule has 0 bridgehead atoms. The van der Waals surface area contributed by atoms with E-state index in [1.165, 1.54) is 18.4 Å². The maximum atomic E-state index is 12.1. The maximum absolute atomic E-state index is 12.1. The lowest BCUT2D eigenvalue weighted by Gasteiger charge is -2.28. The molecule has 17 heavy (non-hydrogen) atoms. The molecule has 1 aliphatic carbocycles. The number of rotatable bonds is 1. The van der Waals surface area contributed by atoms with Crippen molar-refractivity contribution in [2.45, 2.75) is 31.6 Å². The Morgan fingerprint density at radius 1 is 1.29 bits per heavy atom. The largest absolute Gasteiger partial charge is 0.355 e. The second-order valence-electron chi connectivity index (χ2n) is 5.18. The molecule has 0 aromatic heterocycles. The lowest BCUT2D eigenvalue weighted by atomic mass is 9.73. The topological polar surface area (TPSA) is 29.1 Å². The Labute approximate surface area is 110 Å². The molecule has 1 heterocycles. The van der Waals surface area contributed by atoms with Crippen molar-refractivity contribution in [1.29, 1.82) is 0 Å². The SMILES string of the molecule is O=C1NC[C@@H](c2cccc(Br)c2)C12CCCC2. The molecule has 1 aliphatic heterocycles. The quantitative estimate of drug-likeness (QED) is 0.846. The number of hydrogen-bond acceptors (Lipinski definition) is 1. The summed E-state index contributed by atoms with van der Waals surface area (Å²) in [6, 6.07) is 8.40. The highest BCUT2D eigenvalue weighted by Gasteiger charge is 2.51. The van der Waals surface area contributed by atoms with Gasteiger partial charge in [-0.3, -0.25) is 4.79 Å². The molecule has 2 fully saturated rings. The van der Waals surface area contributed by atoms with Crippen LogP contribution in [0.15, 0.2) is 28.7 Å². The van der Waals surface area contributed by atoms with Crippen LogP contribution in [-0.2, 0) is 4.79 Å². The molecular weight excluding hydrogens is 278 g/mol. The van der Waals surface area contributed by atoms with Gasteiger partial charge in [0.05, 0.1) is 5.41 Å². The molecule has 3 rings (SSSR count). The predicted molar refractivity (Wildman–Crippen MR) is 70.8 cm³/mol. The van der Waals surface area contributed by atoms with Crippen molar-refractivity contribution in [2.75, 3.05) is 6.54 Å². The summed E-state index contributed by atoms with van der Waals surface area (Å²) >= 11 is 3.52. The zero-order valence-electron chi connectivity index (χ0n) is 9.71. The van der Waals surface area contributed by atoms with Crippen LogP contribution in [0.3, 0.4) is 0 Å². The lowest BCUT2D eigenvalue weighted by molar-refractivity contribution is -0.127. The van der Waals surface area contributed by atoms with Crippen LogP contribution in [-0.4, -0.2) is 12.5 Å². The van der Waals surface area contributed by atoms with Gasteiger partial charge in [-0.2, -0.15) is 0 Å². The Morgan fingerprint density at radius 2 is 2.06 bits per heavy atom. The van der Waals surface area contributed by atoms with Gasteiger partial charge in [0.25, 0.3) is 0 Å². The van der Waals surface area contributed by atoms with E-state index in [-0.39, 0.29) is 11.3 Å². The van der Waals surface area contributed by atoms with Gasteiger partial charge in [0.2, 0.25) is 5.91 Å². The van der Waals surface area contributed by atoms with E-state index in [0.717, 1.165) is 23.9 Å². The molecule has 1 aromatic carbocycles. The Hall–Kier alpha value is -0.830. The summed E-state index contributed by atoms with van der Waals surface area (Å²) in [5, 5.41) is 3.07. The molecule has 2 nitrogen and oxygen atoms in total. The first-order valence-corrected chi connectivity index (χ1v) is 7.05. The third kappa shape index (κ3) is 1.71. The van der Waals surface area contributed by atoms with E-state index in [4.69, 9.17) is 0 Å². The van der Waals surface area contributed by atoms with E-state index in [1.807, 2.05) is 6.07 Å². The van der Waals surface area contributed by atoms with E-state index < -0.39 is 0 Å². The molecule has 1 atom stereocenters. The van der Waals surface area contributed by atoms with Crippen molar-refractivity contribution < 1.29 is 4.79 Å². The summed E-state index contributed by atoms with van der Waals surface area (Å²) in [6.45, 7) is 0.801. The van der Waals surface area contributed by atoms with Gasteiger partial charge < -0.3 is 5.32 Å². The molecule has 90 valence electrons. The van der Waals surface area contributed by atoms with Crippen LogP contribution in [0.4, 0.5) is 0 Å². The number of carbonyl (C=O) groups excluding carboxylic acids is 1. The first-order chi connectivity index (χ1) is 8.22. The van der Waals surface area contributed by atoms with E-state index >= 15 is 0 Å². The minimum absolute atomic E-state index is 0.110. The molecule has 2 aliphatic rings. The zero-order valence-corrected chi connectivity index (χ0v) is 11.3. The number of benzene rings is 1. The second-order valence-corrected chi connectivity index (χ2v) is 6.10. The molecule has 1 saturated carbocycles. The van der Waals surface area contributed by atoms with Crippen LogP contribution in [0.25, 0.3) is 0 Å². The van der Waals surface area contributed by atoms with Crippen LogP contribution in [0, 0.1) is 5.41 Å². The third-order valence-corrected chi connectivity index (χ3v) is 4.83. The fraction of sp³-hybridized carbons (Fsp3) is 0.500. The molecule has 1 N–H and O–H groups in total. The molecule has 3 heteroatoms. The van der Waals surface area contributed by atoms with Gasteiger partial charge >= 0.3 is 0 Å². The Balaban J connectivity index is 2.00. The highest BCUT2D eigenvalue weighted by molar-refractivity contribution is 9.10. The van der Waals surface area contributed by atoms with Crippen LogP contribution < -0.4 is 5.32 Å². The van der Waals surface area contributed by atoms with E-state index in [0.29, 0.717) is 5.92 Å². The Kier molecular flexibility index (Phi) is 2.74. The highest BCUT2D eigenvalue weighted by Crippen LogP contribution is 2.51. The summed E-state index contributed by atoms with van der Waals surface area (Å²) in [6.07, 6.45) is 4.49. The van der Waals surface area contributed by atoms with Gasteiger partial charge in [-0.1, -0.05) is 40.9 Å². The Bertz CT molecular complexity index is 451. The summed E-state index contributed by atoms with van der Waals surface area (Å²) in [5.41, 5.74) is 1.18. The fourth-order valence-corrected chi connectivity index (χ4v) is 3.88. The lowest BCUT2D eigenvalue weighted by Crippen LogP contribution is -2.31. The van der Waals surface area contributed by atoms with Crippen LogP contribution in [0.1, 0.15) is 37.2 Å². The second kappa shape index (κ2) is 4.13. The zero-order chi connectivity index (χ0) is 11.9. The van der Waals surface area contributed by atoms with E-state index in [9.17, 15) is 4.79 Å². The number of hydrogen-bond donors (Lipinski definition) is 1. The summed E-state index contributed by atoms with van der Waals surface area (Å²) in [5.74, 6) is 0.634. The Morgan fingerprint density at radius 3 is 2.76 bits per heavy atom. The average molecular weight is 294 g/mol. The molecule has 1 spiro atoms. The smallest absolute Gasteiger partial charge is 0.226 e. The molecule has 1 aromatic rings. The van der Waals surface area contributed by atoms with Crippen LogP contribution >= 0.6 is 15.9 Å². The van der Waals surface area contributed by atoms with Crippen molar-refractivity contribution in [2.24, 2.45) is 5.41 Å². The normalized spacial score (nSPS) is 26.4. The van der Waals surface area contributed by atoms with E-state index in [2.05, 4.69) is 39.4 Å². The van der Waals surface area contributed by atoms with Crippen LogP contribution in [0.2, 0.25) is 0 Å². The van der Waals surface area contributed by atoms with Gasteiger partial charge in [-0.25, -0.2) is 0 Å². The standard InChI is InChI=1S/C14H16BrNO/c15-11-5-3-4-10(8-11)12-9-16-13(17)14(12)6-1-2-7-14/h3-5,8,12H,1-2,6-7,9H2,(H,16,17)/t12-/m0/s1. The summed E-state index contributed by atoms with van der Waals surface area (Å²) in [4.78, 5) is 12.1. The first-order valence-electron chi connectivity index (χ1n) is 6.26. The minimum Gasteiger partial charge on any atom is -0.355 e. The van der Waals surface area contributed by atoms with Gasteiger partial charge in [-0.15, -0.1) is 0 Å². The molecule has 0 radical (unpaired) electrons. The molecule has 0 unspecified atom stereocenters. The average Bonchev–Trinajstić information content (AvgIpc) is 2.90. The third-order valence-electron chi connectivity index (χ3n) is 4.33. The molecule has 1 amide bonds. The number of nitrogens with one attached hydrogen (secondary N) is 1. The van der Waals surface area contributed by atoms with E-state index in [1.54, 1.807) is 0 Å². The molecule has 1 saturated heterocycles. The van der Waals surface area contributed by atoms with Gasteiger partial charge in [0.15, 0.2) is 0 Å². The number of amides is 1. The number of carbonyl (C=O) groups is 1. The van der Waals surface area contributed by atoms with Crippen molar-refractivity contribution in [3.8, 4) is 0 Å². The van der Waals surface area contributed by atoms with Crippen molar-refractivity contribution in [3.63, 3.8) is 0 Å². The monoisotopic (exact) mass is 293 g/mol. The highest BCUT2D eigenvalue weighted by atomic mass is 79.9.